The maximum atomic E-state index is 12.1. The molecular formula is C16H17ClN2O. The molecule has 0 aromatic heterocycles. The largest absolute Gasteiger partial charge is 0.374 e. The summed E-state index contributed by atoms with van der Waals surface area (Å²) in [5, 5.41) is 6.64. The third-order valence-electron chi connectivity index (χ3n) is 3.00. The molecule has 0 aliphatic heterocycles. The third-order valence-corrected chi connectivity index (χ3v) is 3.24. The molecule has 20 heavy (non-hydrogen) atoms. The van der Waals surface area contributed by atoms with Crippen molar-refractivity contribution >= 4 is 28.9 Å². The zero-order valence-corrected chi connectivity index (χ0v) is 12.2. The lowest BCUT2D eigenvalue weighted by Crippen LogP contribution is -2.32. The number of carbonyl (C=O) groups excluding carboxylic acids is 1. The van der Waals surface area contributed by atoms with E-state index in [0.717, 1.165) is 11.3 Å². The second-order valence-electron chi connectivity index (χ2n) is 4.68. The van der Waals surface area contributed by atoms with Crippen LogP contribution in [0.1, 0.15) is 12.5 Å². The minimum absolute atomic E-state index is 0.101. The lowest BCUT2D eigenvalue weighted by atomic mass is 10.2. The standard InChI is InChI=1S/C16H17ClN2O/c1-11-6-3-4-9-15(11)18-12(2)16(20)19-14-8-5-7-13(17)10-14/h3-10,12,18H,1-2H3,(H,19,20). The number of hydrogen-bond donors (Lipinski definition) is 2. The van der Waals surface area contributed by atoms with Crippen LogP contribution in [0.15, 0.2) is 48.5 Å². The fourth-order valence-electron chi connectivity index (χ4n) is 1.85. The maximum Gasteiger partial charge on any atom is 0.246 e. The first-order chi connectivity index (χ1) is 9.56. The first-order valence-corrected chi connectivity index (χ1v) is 6.82. The van der Waals surface area contributed by atoms with Crippen molar-refractivity contribution in [3.63, 3.8) is 0 Å². The monoisotopic (exact) mass is 288 g/mol. The number of carbonyl (C=O) groups is 1. The van der Waals surface area contributed by atoms with E-state index in [-0.39, 0.29) is 11.9 Å². The van der Waals surface area contributed by atoms with Crippen LogP contribution in [0.4, 0.5) is 11.4 Å². The Balaban J connectivity index is 2.01. The molecule has 0 bridgehead atoms. The molecule has 4 heteroatoms. The molecule has 0 radical (unpaired) electrons. The van der Waals surface area contributed by atoms with Crippen molar-refractivity contribution in [2.24, 2.45) is 0 Å². The highest BCUT2D eigenvalue weighted by molar-refractivity contribution is 6.30. The van der Waals surface area contributed by atoms with Gasteiger partial charge in [0.1, 0.15) is 6.04 Å². The molecule has 0 aliphatic rings. The lowest BCUT2D eigenvalue weighted by molar-refractivity contribution is -0.116. The lowest BCUT2D eigenvalue weighted by Gasteiger charge is -2.16. The van der Waals surface area contributed by atoms with Crippen molar-refractivity contribution in [3.8, 4) is 0 Å². The zero-order chi connectivity index (χ0) is 14.5. The molecule has 1 amide bonds. The van der Waals surface area contributed by atoms with Crippen molar-refractivity contribution < 1.29 is 4.79 Å². The molecule has 2 N–H and O–H groups in total. The van der Waals surface area contributed by atoms with Gasteiger partial charge in [-0.05, 0) is 43.7 Å². The van der Waals surface area contributed by atoms with Gasteiger partial charge >= 0.3 is 0 Å². The Morgan fingerprint density at radius 2 is 1.90 bits per heavy atom. The van der Waals surface area contributed by atoms with Crippen LogP contribution in [0, 0.1) is 6.92 Å². The summed E-state index contributed by atoms with van der Waals surface area (Å²) in [6, 6.07) is 14.6. The maximum absolute atomic E-state index is 12.1. The van der Waals surface area contributed by atoms with E-state index >= 15 is 0 Å². The molecular weight excluding hydrogens is 272 g/mol. The molecule has 0 saturated heterocycles. The number of halogens is 1. The Bertz CT molecular complexity index is 613. The summed E-state index contributed by atoms with van der Waals surface area (Å²) < 4.78 is 0. The van der Waals surface area contributed by atoms with E-state index in [9.17, 15) is 4.79 Å². The Hall–Kier alpha value is -2.00. The first kappa shape index (κ1) is 14.4. The predicted molar refractivity (Wildman–Crippen MR) is 84.3 cm³/mol. The number of benzene rings is 2. The average Bonchev–Trinajstić information content (AvgIpc) is 2.41. The van der Waals surface area contributed by atoms with Crippen molar-refractivity contribution in [1.29, 1.82) is 0 Å². The van der Waals surface area contributed by atoms with Gasteiger partial charge in [-0.15, -0.1) is 0 Å². The molecule has 0 aliphatic carbocycles. The zero-order valence-electron chi connectivity index (χ0n) is 11.5. The summed E-state index contributed by atoms with van der Waals surface area (Å²) in [5.74, 6) is -0.101. The molecule has 2 aromatic rings. The van der Waals surface area contributed by atoms with Crippen LogP contribution in [0.5, 0.6) is 0 Å². The summed E-state index contributed by atoms with van der Waals surface area (Å²) in [5.41, 5.74) is 2.76. The summed E-state index contributed by atoms with van der Waals surface area (Å²) in [7, 11) is 0. The Morgan fingerprint density at radius 3 is 2.60 bits per heavy atom. The Labute approximate surface area is 124 Å². The van der Waals surface area contributed by atoms with Crippen LogP contribution >= 0.6 is 11.6 Å². The van der Waals surface area contributed by atoms with Gasteiger partial charge in [0.25, 0.3) is 0 Å². The smallest absolute Gasteiger partial charge is 0.246 e. The van der Waals surface area contributed by atoms with Crippen LogP contribution in [0.2, 0.25) is 5.02 Å². The molecule has 0 fully saturated rings. The molecule has 104 valence electrons. The van der Waals surface area contributed by atoms with Crippen molar-refractivity contribution in [2.45, 2.75) is 19.9 Å². The van der Waals surface area contributed by atoms with Gasteiger partial charge < -0.3 is 10.6 Å². The van der Waals surface area contributed by atoms with E-state index in [1.165, 1.54) is 0 Å². The highest BCUT2D eigenvalue weighted by Crippen LogP contribution is 2.17. The van der Waals surface area contributed by atoms with E-state index in [4.69, 9.17) is 11.6 Å². The fraction of sp³-hybridized carbons (Fsp3) is 0.188. The fourth-order valence-corrected chi connectivity index (χ4v) is 2.04. The van der Waals surface area contributed by atoms with Crippen molar-refractivity contribution in [2.75, 3.05) is 10.6 Å². The van der Waals surface area contributed by atoms with E-state index in [2.05, 4.69) is 10.6 Å². The quantitative estimate of drug-likeness (QED) is 0.890. The SMILES string of the molecule is Cc1ccccc1NC(C)C(=O)Nc1cccc(Cl)c1. The predicted octanol–water partition coefficient (Wildman–Crippen LogP) is 4.09. The number of para-hydroxylation sites is 1. The molecule has 2 rings (SSSR count). The van der Waals surface area contributed by atoms with E-state index in [1.807, 2.05) is 44.2 Å². The van der Waals surface area contributed by atoms with E-state index in [0.29, 0.717) is 10.7 Å². The van der Waals surface area contributed by atoms with Gasteiger partial charge in [-0.3, -0.25) is 4.79 Å². The average molecular weight is 289 g/mol. The topological polar surface area (TPSA) is 41.1 Å². The van der Waals surface area contributed by atoms with Crippen LogP contribution in [0.3, 0.4) is 0 Å². The highest BCUT2D eigenvalue weighted by Gasteiger charge is 2.13. The summed E-state index contributed by atoms with van der Waals surface area (Å²) in [6.07, 6.45) is 0. The van der Waals surface area contributed by atoms with Gasteiger partial charge in [0.15, 0.2) is 0 Å². The van der Waals surface area contributed by atoms with Crippen molar-refractivity contribution in [1.82, 2.24) is 0 Å². The van der Waals surface area contributed by atoms with E-state index < -0.39 is 0 Å². The Kier molecular flexibility index (Phi) is 4.64. The highest BCUT2D eigenvalue weighted by atomic mass is 35.5. The second kappa shape index (κ2) is 6.44. The molecule has 3 nitrogen and oxygen atoms in total. The van der Waals surface area contributed by atoms with Crippen LogP contribution in [0.25, 0.3) is 0 Å². The van der Waals surface area contributed by atoms with Gasteiger partial charge in [-0.2, -0.15) is 0 Å². The third kappa shape index (κ3) is 3.75. The molecule has 2 aromatic carbocycles. The first-order valence-electron chi connectivity index (χ1n) is 6.45. The van der Waals surface area contributed by atoms with E-state index in [1.54, 1.807) is 18.2 Å². The minimum Gasteiger partial charge on any atom is -0.374 e. The summed E-state index contributed by atoms with van der Waals surface area (Å²) in [4.78, 5) is 12.1. The van der Waals surface area contributed by atoms with Crippen LogP contribution < -0.4 is 10.6 Å². The van der Waals surface area contributed by atoms with Gasteiger partial charge in [0.2, 0.25) is 5.91 Å². The van der Waals surface area contributed by atoms with Gasteiger partial charge in [-0.1, -0.05) is 35.9 Å². The second-order valence-corrected chi connectivity index (χ2v) is 5.12. The molecule has 1 unspecified atom stereocenters. The van der Waals surface area contributed by atoms with Crippen LogP contribution in [-0.4, -0.2) is 11.9 Å². The van der Waals surface area contributed by atoms with Gasteiger partial charge in [-0.25, -0.2) is 0 Å². The number of hydrogen-bond acceptors (Lipinski definition) is 2. The number of amides is 1. The summed E-state index contributed by atoms with van der Waals surface area (Å²) in [6.45, 7) is 3.83. The Morgan fingerprint density at radius 1 is 1.15 bits per heavy atom. The summed E-state index contributed by atoms with van der Waals surface area (Å²) >= 11 is 5.89. The molecule has 0 saturated carbocycles. The van der Waals surface area contributed by atoms with Crippen LogP contribution in [-0.2, 0) is 4.79 Å². The van der Waals surface area contributed by atoms with Crippen molar-refractivity contribution in [3.05, 3.63) is 59.1 Å². The molecule has 0 spiro atoms. The number of aryl methyl sites for hydroxylation is 1. The minimum atomic E-state index is -0.338. The molecule has 1 atom stereocenters. The number of nitrogens with one attached hydrogen (secondary N) is 2. The van der Waals surface area contributed by atoms with Gasteiger partial charge in [0.05, 0.1) is 0 Å². The van der Waals surface area contributed by atoms with Gasteiger partial charge in [0, 0.05) is 16.4 Å². The number of rotatable bonds is 4. The number of anilines is 2. The normalized spacial score (nSPS) is 11.8. The molecule has 0 heterocycles.